The minimum Gasteiger partial charge on any atom is -0.354 e. The number of amides is 1. The Bertz CT molecular complexity index is 410. The molecule has 0 aromatic carbocycles. The van der Waals surface area contributed by atoms with Gasteiger partial charge in [-0.1, -0.05) is 20.8 Å². The van der Waals surface area contributed by atoms with Crippen molar-refractivity contribution < 1.29 is 4.79 Å². The predicted molar refractivity (Wildman–Crippen MR) is 83.5 cm³/mol. The number of aromatic nitrogens is 1. The van der Waals surface area contributed by atoms with Gasteiger partial charge in [0.15, 0.2) is 0 Å². The molecule has 1 aromatic heterocycles. The van der Waals surface area contributed by atoms with E-state index in [1.54, 1.807) is 4.90 Å². The first kappa shape index (κ1) is 16.8. The average molecular weight is 279 g/mol. The number of likely N-dealkylation sites (N-methyl/N-ethyl adjacent to an activating group) is 1. The molecule has 4 heteroatoms. The van der Waals surface area contributed by atoms with E-state index < -0.39 is 0 Å². The Hall–Kier alpha value is -1.29. The lowest BCUT2D eigenvalue weighted by molar-refractivity contribution is -0.131. The number of aryl methyl sites for hydroxylation is 1. The minimum atomic E-state index is -0.0977. The van der Waals surface area contributed by atoms with Crippen LogP contribution in [0, 0.1) is 5.92 Å². The normalized spacial score (nSPS) is 12.7. The van der Waals surface area contributed by atoms with Crippen LogP contribution in [0.1, 0.15) is 39.2 Å². The van der Waals surface area contributed by atoms with Crippen LogP contribution in [0.25, 0.3) is 0 Å². The van der Waals surface area contributed by atoms with Gasteiger partial charge in [0.2, 0.25) is 5.91 Å². The van der Waals surface area contributed by atoms with E-state index in [0.29, 0.717) is 5.92 Å². The summed E-state index contributed by atoms with van der Waals surface area (Å²) in [6.07, 6.45) is 6.26. The third-order valence-electron chi connectivity index (χ3n) is 3.29. The second-order valence-electron chi connectivity index (χ2n) is 6.05. The lowest BCUT2D eigenvalue weighted by atomic mass is 10.0. The monoisotopic (exact) mass is 279 g/mol. The summed E-state index contributed by atoms with van der Waals surface area (Å²) in [5.41, 5.74) is 1.23. The van der Waals surface area contributed by atoms with Crippen molar-refractivity contribution in [1.82, 2.24) is 14.8 Å². The lowest BCUT2D eigenvalue weighted by Crippen LogP contribution is -2.44. The van der Waals surface area contributed by atoms with Crippen LogP contribution in [-0.4, -0.2) is 35.5 Å². The number of nitrogens with zero attached hydrogens (tertiary/aromatic N) is 2. The third kappa shape index (κ3) is 5.37. The highest BCUT2D eigenvalue weighted by Gasteiger charge is 2.20. The zero-order valence-corrected chi connectivity index (χ0v) is 13.5. The molecule has 1 unspecified atom stereocenters. The molecular weight excluding hydrogens is 250 g/mol. The van der Waals surface area contributed by atoms with E-state index in [1.807, 2.05) is 14.1 Å². The van der Waals surface area contributed by atoms with Gasteiger partial charge in [-0.15, -0.1) is 0 Å². The lowest BCUT2D eigenvalue weighted by Gasteiger charge is -2.23. The van der Waals surface area contributed by atoms with E-state index in [2.05, 4.69) is 49.1 Å². The van der Waals surface area contributed by atoms with Gasteiger partial charge in [0, 0.05) is 39.6 Å². The van der Waals surface area contributed by atoms with Gasteiger partial charge in [0.25, 0.3) is 0 Å². The standard InChI is InChI=1S/C16H29N3O/c1-6-8-19-9-7-14(12-19)11-17-15(10-13(2)3)16(20)18(4)5/h7,9,12-13,15,17H,6,8,10-11H2,1-5H3. The summed E-state index contributed by atoms with van der Waals surface area (Å²) >= 11 is 0. The molecule has 0 aliphatic carbocycles. The summed E-state index contributed by atoms with van der Waals surface area (Å²) in [7, 11) is 3.63. The van der Waals surface area contributed by atoms with Crippen LogP contribution in [-0.2, 0) is 17.9 Å². The molecule has 0 radical (unpaired) electrons. The van der Waals surface area contributed by atoms with Crippen LogP contribution in [0.3, 0.4) is 0 Å². The molecule has 114 valence electrons. The van der Waals surface area contributed by atoms with Gasteiger partial charge in [-0.2, -0.15) is 0 Å². The molecule has 1 heterocycles. The predicted octanol–water partition coefficient (Wildman–Crippen LogP) is 2.49. The third-order valence-corrected chi connectivity index (χ3v) is 3.29. The average Bonchev–Trinajstić information content (AvgIpc) is 2.81. The van der Waals surface area contributed by atoms with Crippen molar-refractivity contribution in [2.75, 3.05) is 14.1 Å². The van der Waals surface area contributed by atoms with Crippen molar-refractivity contribution in [2.24, 2.45) is 5.92 Å². The van der Waals surface area contributed by atoms with Crippen molar-refractivity contribution in [2.45, 2.75) is 52.7 Å². The van der Waals surface area contributed by atoms with Crippen LogP contribution in [0.15, 0.2) is 18.5 Å². The van der Waals surface area contributed by atoms with E-state index >= 15 is 0 Å². The number of hydrogen-bond donors (Lipinski definition) is 1. The van der Waals surface area contributed by atoms with E-state index in [4.69, 9.17) is 0 Å². The highest BCUT2D eigenvalue weighted by molar-refractivity contribution is 5.81. The largest absolute Gasteiger partial charge is 0.354 e. The van der Waals surface area contributed by atoms with Crippen LogP contribution >= 0.6 is 0 Å². The van der Waals surface area contributed by atoms with Gasteiger partial charge in [-0.3, -0.25) is 4.79 Å². The molecule has 0 aliphatic heterocycles. The fourth-order valence-electron chi connectivity index (χ4n) is 2.29. The summed E-state index contributed by atoms with van der Waals surface area (Å²) < 4.78 is 2.20. The molecule has 0 aliphatic rings. The molecule has 0 saturated heterocycles. The highest BCUT2D eigenvalue weighted by atomic mass is 16.2. The van der Waals surface area contributed by atoms with Gasteiger partial charge in [0.05, 0.1) is 6.04 Å². The fourth-order valence-corrected chi connectivity index (χ4v) is 2.29. The summed E-state index contributed by atoms with van der Waals surface area (Å²) in [6, 6.07) is 2.02. The molecule has 0 spiro atoms. The van der Waals surface area contributed by atoms with Gasteiger partial charge >= 0.3 is 0 Å². The van der Waals surface area contributed by atoms with Crippen LogP contribution < -0.4 is 5.32 Å². The number of hydrogen-bond acceptors (Lipinski definition) is 2. The second-order valence-corrected chi connectivity index (χ2v) is 6.05. The Kier molecular flexibility index (Phi) is 6.79. The molecule has 1 amide bonds. The highest BCUT2D eigenvalue weighted by Crippen LogP contribution is 2.09. The topological polar surface area (TPSA) is 37.3 Å². The van der Waals surface area contributed by atoms with E-state index in [0.717, 1.165) is 25.9 Å². The maximum Gasteiger partial charge on any atom is 0.239 e. The van der Waals surface area contributed by atoms with Gasteiger partial charge in [-0.05, 0) is 30.4 Å². The van der Waals surface area contributed by atoms with Crippen molar-refractivity contribution in [1.29, 1.82) is 0 Å². The maximum atomic E-state index is 12.2. The molecule has 20 heavy (non-hydrogen) atoms. The summed E-state index contributed by atoms with van der Waals surface area (Å²) in [6.45, 7) is 8.26. The molecule has 1 rings (SSSR count). The van der Waals surface area contributed by atoms with Gasteiger partial charge in [0.1, 0.15) is 0 Å². The van der Waals surface area contributed by atoms with Gasteiger partial charge < -0.3 is 14.8 Å². The van der Waals surface area contributed by atoms with Crippen molar-refractivity contribution in [3.8, 4) is 0 Å². The summed E-state index contributed by atoms with van der Waals surface area (Å²) in [5, 5.41) is 3.40. The van der Waals surface area contributed by atoms with Crippen LogP contribution in [0.4, 0.5) is 0 Å². The zero-order chi connectivity index (χ0) is 15.1. The molecule has 1 N–H and O–H groups in total. The molecule has 0 fully saturated rings. The van der Waals surface area contributed by atoms with Gasteiger partial charge in [-0.25, -0.2) is 0 Å². The maximum absolute atomic E-state index is 12.2. The molecular formula is C16H29N3O. The minimum absolute atomic E-state index is 0.0977. The number of carbonyl (C=O) groups excluding carboxylic acids is 1. The Morgan fingerprint density at radius 3 is 2.65 bits per heavy atom. The number of rotatable bonds is 8. The molecule has 4 nitrogen and oxygen atoms in total. The number of nitrogens with one attached hydrogen (secondary N) is 1. The fraction of sp³-hybridized carbons (Fsp3) is 0.688. The van der Waals surface area contributed by atoms with Crippen molar-refractivity contribution in [3.63, 3.8) is 0 Å². The first-order valence-corrected chi connectivity index (χ1v) is 7.53. The zero-order valence-electron chi connectivity index (χ0n) is 13.5. The van der Waals surface area contributed by atoms with Crippen LogP contribution in [0.5, 0.6) is 0 Å². The Balaban J connectivity index is 2.58. The smallest absolute Gasteiger partial charge is 0.239 e. The first-order chi connectivity index (χ1) is 9.43. The SMILES string of the molecule is CCCn1ccc(CNC(CC(C)C)C(=O)N(C)C)c1. The molecule has 1 atom stereocenters. The van der Waals surface area contributed by atoms with Crippen LogP contribution in [0.2, 0.25) is 0 Å². The van der Waals surface area contributed by atoms with E-state index in [-0.39, 0.29) is 11.9 Å². The molecule has 1 aromatic rings. The number of carbonyl (C=O) groups is 1. The van der Waals surface area contributed by atoms with Crippen molar-refractivity contribution >= 4 is 5.91 Å². The van der Waals surface area contributed by atoms with E-state index in [9.17, 15) is 4.79 Å². The Labute approximate surface area is 123 Å². The van der Waals surface area contributed by atoms with Crippen molar-refractivity contribution in [3.05, 3.63) is 24.0 Å². The summed E-state index contributed by atoms with van der Waals surface area (Å²) in [4.78, 5) is 13.8. The second kappa shape index (κ2) is 8.10. The first-order valence-electron chi connectivity index (χ1n) is 7.53. The Morgan fingerprint density at radius 1 is 1.40 bits per heavy atom. The molecule has 0 saturated carbocycles. The quantitative estimate of drug-likeness (QED) is 0.794. The molecule has 0 bridgehead atoms. The summed E-state index contributed by atoms with van der Waals surface area (Å²) in [5.74, 6) is 0.660. The Morgan fingerprint density at radius 2 is 2.10 bits per heavy atom. The van der Waals surface area contributed by atoms with E-state index in [1.165, 1.54) is 5.56 Å².